The normalized spacial score (nSPS) is 17.3. The number of aromatic nitrogens is 1. The molecule has 1 aromatic heterocycles. The van der Waals surface area contributed by atoms with Crippen LogP contribution in [-0.2, 0) is 16.1 Å². The minimum absolute atomic E-state index is 0.0665. The Balaban J connectivity index is 1.46. The molecule has 1 aliphatic rings. The van der Waals surface area contributed by atoms with Crippen molar-refractivity contribution in [2.45, 2.75) is 40.2 Å². The number of piperidine rings is 1. The van der Waals surface area contributed by atoms with Gasteiger partial charge in [-0.2, -0.15) is 0 Å². The van der Waals surface area contributed by atoms with Crippen molar-refractivity contribution < 1.29 is 9.59 Å². The molecule has 2 heterocycles. The molecule has 0 aliphatic carbocycles. The number of thiazole rings is 1. The summed E-state index contributed by atoms with van der Waals surface area (Å²) in [5.74, 6) is -0.0809. The summed E-state index contributed by atoms with van der Waals surface area (Å²) < 4.78 is 0. The first-order valence-electron chi connectivity index (χ1n) is 9.70. The number of carbonyl (C=O) groups excluding carboxylic acids is 2. The molecule has 28 heavy (non-hydrogen) atoms. The maximum absolute atomic E-state index is 12.6. The molecule has 0 spiro atoms. The van der Waals surface area contributed by atoms with E-state index in [1.54, 1.807) is 0 Å². The number of anilines is 1. The summed E-state index contributed by atoms with van der Waals surface area (Å²) in [6.45, 7) is 8.26. The lowest BCUT2D eigenvalue weighted by molar-refractivity contribution is -0.128. The highest BCUT2D eigenvalue weighted by molar-refractivity contribution is 7.15. The molecular formula is C21H28N4O2S. The highest BCUT2D eigenvalue weighted by Gasteiger charge is 2.26. The maximum atomic E-state index is 12.6. The molecule has 2 amide bonds. The molecule has 1 atom stereocenters. The molecule has 7 heteroatoms. The van der Waals surface area contributed by atoms with Crippen LogP contribution >= 0.6 is 11.3 Å². The Morgan fingerprint density at radius 2 is 1.96 bits per heavy atom. The van der Waals surface area contributed by atoms with E-state index in [1.807, 2.05) is 45.0 Å². The van der Waals surface area contributed by atoms with Crippen molar-refractivity contribution in [3.8, 4) is 0 Å². The van der Waals surface area contributed by atoms with Gasteiger partial charge in [0.2, 0.25) is 11.8 Å². The van der Waals surface area contributed by atoms with Crippen LogP contribution in [-0.4, -0.2) is 41.3 Å². The molecule has 2 N–H and O–H groups in total. The summed E-state index contributed by atoms with van der Waals surface area (Å²) in [5, 5.41) is 6.55. The van der Waals surface area contributed by atoms with Gasteiger partial charge in [-0.15, -0.1) is 11.3 Å². The van der Waals surface area contributed by atoms with E-state index >= 15 is 0 Å². The van der Waals surface area contributed by atoms with Gasteiger partial charge >= 0.3 is 0 Å². The fraction of sp³-hybridized carbons (Fsp3) is 0.476. The Kier molecular flexibility index (Phi) is 6.80. The van der Waals surface area contributed by atoms with Gasteiger partial charge in [0.05, 0.1) is 18.2 Å². The van der Waals surface area contributed by atoms with Crippen LogP contribution < -0.4 is 10.6 Å². The first-order valence-corrected chi connectivity index (χ1v) is 10.5. The van der Waals surface area contributed by atoms with Crippen LogP contribution in [0.25, 0.3) is 0 Å². The van der Waals surface area contributed by atoms with Crippen LogP contribution in [0.3, 0.4) is 0 Å². The second-order valence-electron chi connectivity index (χ2n) is 7.49. The van der Waals surface area contributed by atoms with Crippen molar-refractivity contribution in [1.29, 1.82) is 0 Å². The number of hydrogen-bond donors (Lipinski definition) is 2. The molecule has 6 nitrogen and oxygen atoms in total. The fourth-order valence-corrected chi connectivity index (χ4v) is 4.17. The second-order valence-corrected chi connectivity index (χ2v) is 8.69. The molecule has 0 bridgehead atoms. The van der Waals surface area contributed by atoms with E-state index in [2.05, 4.69) is 20.5 Å². The van der Waals surface area contributed by atoms with Crippen LogP contribution in [0.2, 0.25) is 0 Å². The number of benzene rings is 1. The SMILES string of the molecule is Cc1ccc(CNC(=O)C2CCCN(CC(=O)Nc3nc(C)c(C)s3)C2)cc1. The summed E-state index contributed by atoms with van der Waals surface area (Å²) in [6, 6.07) is 8.17. The number of amides is 2. The summed E-state index contributed by atoms with van der Waals surface area (Å²) in [7, 11) is 0. The quantitative estimate of drug-likeness (QED) is 0.782. The van der Waals surface area contributed by atoms with Crippen molar-refractivity contribution in [2.24, 2.45) is 5.92 Å². The Morgan fingerprint density at radius 1 is 1.21 bits per heavy atom. The average Bonchev–Trinajstić information content (AvgIpc) is 2.98. The van der Waals surface area contributed by atoms with Gasteiger partial charge in [0.25, 0.3) is 0 Å². The lowest BCUT2D eigenvalue weighted by atomic mass is 9.97. The zero-order chi connectivity index (χ0) is 20.1. The molecule has 0 saturated carbocycles. The highest BCUT2D eigenvalue weighted by Crippen LogP contribution is 2.21. The highest BCUT2D eigenvalue weighted by atomic mass is 32.1. The maximum Gasteiger partial charge on any atom is 0.240 e. The number of nitrogens with zero attached hydrogens (tertiary/aromatic N) is 2. The van der Waals surface area contributed by atoms with Crippen molar-refractivity contribution in [2.75, 3.05) is 25.0 Å². The topological polar surface area (TPSA) is 74.3 Å². The van der Waals surface area contributed by atoms with E-state index in [1.165, 1.54) is 16.9 Å². The fourth-order valence-electron chi connectivity index (χ4n) is 3.34. The predicted octanol–water partition coefficient (Wildman–Crippen LogP) is 3.04. The number of hydrogen-bond acceptors (Lipinski definition) is 5. The largest absolute Gasteiger partial charge is 0.352 e. The van der Waals surface area contributed by atoms with Crippen LogP contribution in [0.5, 0.6) is 0 Å². The molecule has 1 aliphatic heterocycles. The molecule has 0 radical (unpaired) electrons. The van der Waals surface area contributed by atoms with Gasteiger partial charge in [-0.3, -0.25) is 14.5 Å². The summed E-state index contributed by atoms with van der Waals surface area (Å²) in [5.41, 5.74) is 3.25. The van der Waals surface area contributed by atoms with Crippen LogP contribution in [0.15, 0.2) is 24.3 Å². The van der Waals surface area contributed by atoms with E-state index in [-0.39, 0.29) is 17.7 Å². The Morgan fingerprint density at radius 3 is 2.64 bits per heavy atom. The molecule has 1 aromatic carbocycles. The van der Waals surface area contributed by atoms with Gasteiger partial charge in [0.15, 0.2) is 5.13 Å². The number of aryl methyl sites for hydroxylation is 3. The summed E-state index contributed by atoms with van der Waals surface area (Å²) in [4.78, 5) is 32.4. The monoisotopic (exact) mass is 400 g/mol. The Bertz CT molecular complexity index is 812. The zero-order valence-corrected chi connectivity index (χ0v) is 17.6. The standard InChI is InChI=1S/C21H28N4O2S/c1-14-6-8-17(9-7-14)11-22-20(27)18-5-4-10-25(12-18)13-19(26)24-21-23-15(2)16(3)28-21/h6-9,18H,4-5,10-13H2,1-3H3,(H,22,27)(H,23,24,26). The smallest absolute Gasteiger partial charge is 0.240 e. The minimum atomic E-state index is -0.0746. The van der Waals surface area contributed by atoms with Gasteiger partial charge in [-0.1, -0.05) is 29.8 Å². The molecule has 150 valence electrons. The summed E-state index contributed by atoms with van der Waals surface area (Å²) >= 11 is 1.49. The molecular weight excluding hydrogens is 372 g/mol. The molecule has 2 aromatic rings. The van der Waals surface area contributed by atoms with E-state index < -0.39 is 0 Å². The minimum Gasteiger partial charge on any atom is -0.352 e. The molecule has 1 saturated heterocycles. The lowest BCUT2D eigenvalue weighted by Gasteiger charge is -2.31. The number of nitrogens with one attached hydrogen (secondary N) is 2. The van der Waals surface area contributed by atoms with E-state index in [9.17, 15) is 9.59 Å². The third kappa shape index (κ3) is 5.62. The van der Waals surface area contributed by atoms with Gasteiger partial charge < -0.3 is 10.6 Å². The predicted molar refractivity (Wildman–Crippen MR) is 112 cm³/mol. The lowest BCUT2D eigenvalue weighted by Crippen LogP contribution is -2.45. The molecule has 3 rings (SSSR count). The van der Waals surface area contributed by atoms with E-state index in [0.717, 1.165) is 35.5 Å². The first-order chi connectivity index (χ1) is 13.4. The molecule has 1 unspecified atom stereocenters. The van der Waals surface area contributed by atoms with Crippen molar-refractivity contribution in [1.82, 2.24) is 15.2 Å². The van der Waals surface area contributed by atoms with Gasteiger partial charge in [0, 0.05) is 18.0 Å². The van der Waals surface area contributed by atoms with Crippen LogP contribution in [0.1, 0.15) is 34.5 Å². The van der Waals surface area contributed by atoms with Crippen molar-refractivity contribution in [3.05, 3.63) is 46.0 Å². The van der Waals surface area contributed by atoms with Gasteiger partial charge in [-0.05, 0) is 45.7 Å². The van der Waals surface area contributed by atoms with E-state index in [4.69, 9.17) is 0 Å². The van der Waals surface area contributed by atoms with Gasteiger partial charge in [-0.25, -0.2) is 4.98 Å². The number of rotatable bonds is 6. The Labute approximate surface area is 170 Å². The zero-order valence-electron chi connectivity index (χ0n) is 16.7. The number of likely N-dealkylation sites (tertiary alicyclic amines) is 1. The first kappa shape index (κ1) is 20.5. The van der Waals surface area contributed by atoms with E-state index in [0.29, 0.717) is 24.8 Å². The Hall–Kier alpha value is -2.25. The molecule has 1 fully saturated rings. The third-order valence-electron chi connectivity index (χ3n) is 5.11. The van der Waals surface area contributed by atoms with Crippen molar-refractivity contribution in [3.63, 3.8) is 0 Å². The second kappa shape index (κ2) is 9.30. The average molecular weight is 401 g/mol. The third-order valence-corrected chi connectivity index (χ3v) is 6.09. The van der Waals surface area contributed by atoms with Crippen LogP contribution in [0.4, 0.5) is 5.13 Å². The van der Waals surface area contributed by atoms with Gasteiger partial charge in [0.1, 0.15) is 0 Å². The van der Waals surface area contributed by atoms with Crippen LogP contribution in [0, 0.1) is 26.7 Å². The summed E-state index contributed by atoms with van der Waals surface area (Å²) in [6.07, 6.45) is 1.79. The number of carbonyl (C=O) groups is 2. The van der Waals surface area contributed by atoms with Crippen molar-refractivity contribution >= 4 is 28.3 Å².